The number of para-hydroxylation sites is 1. The molecular formula is C21H29F3N4O4S. The van der Waals surface area contributed by atoms with Crippen molar-refractivity contribution in [1.29, 1.82) is 0 Å². The van der Waals surface area contributed by atoms with E-state index in [2.05, 4.69) is 10.6 Å². The van der Waals surface area contributed by atoms with Crippen LogP contribution in [-0.2, 0) is 20.5 Å². The Morgan fingerprint density at radius 3 is 2.55 bits per heavy atom. The van der Waals surface area contributed by atoms with E-state index >= 15 is 0 Å². The van der Waals surface area contributed by atoms with Crippen molar-refractivity contribution in [2.24, 2.45) is 0 Å². The van der Waals surface area contributed by atoms with Gasteiger partial charge in [-0.25, -0.2) is 9.59 Å². The summed E-state index contributed by atoms with van der Waals surface area (Å²) in [6.45, 7) is 1.52. The predicted octanol–water partition coefficient (Wildman–Crippen LogP) is 2.66. The number of amides is 3. The summed E-state index contributed by atoms with van der Waals surface area (Å²) in [4.78, 5) is 40.3. The molecular weight excluding hydrogens is 461 g/mol. The molecule has 3 amide bonds. The molecule has 33 heavy (non-hydrogen) atoms. The zero-order valence-corrected chi connectivity index (χ0v) is 19.4. The molecule has 1 fully saturated rings. The van der Waals surface area contributed by atoms with Crippen LogP contribution in [0.5, 0.6) is 0 Å². The molecule has 2 rings (SSSR count). The maximum atomic E-state index is 13.1. The molecule has 1 aromatic carbocycles. The summed E-state index contributed by atoms with van der Waals surface area (Å²) in [5.41, 5.74) is -1.19. The first-order valence-corrected chi connectivity index (χ1v) is 11.9. The Morgan fingerprint density at radius 2 is 1.88 bits per heavy atom. The summed E-state index contributed by atoms with van der Waals surface area (Å²) in [6.07, 6.45) is -1.65. The second kappa shape index (κ2) is 12.7. The van der Waals surface area contributed by atoms with Crippen LogP contribution in [0.1, 0.15) is 18.4 Å². The lowest BCUT2D eigenvalue weighted by Crippen LogP contribution is -2.49. The number of nitrogens with zero attached hydrogens (tertiary/aromatic N) is 2. The molecule has 12 heteroatoms. The highest BCUT2D eigenvalue weighted by Crippen LogP contribution is 2.34. The fourth-order valence-corrected chi connectivity index (χ4v) is 3.90. The zero-order valence-electron chi connectivity index (χ0n) is 18.6. The van der Waals surface area contributed by atoms with E-state index in [-0.39, 0.29) is 12.2 Å². The molecule has 1 saturated heterocycles. The van der Waals surface area contributed by atoms with Crippen molar-refractivity contribution in [3.05, 3.63) is 29.8 Å². The molecule has 184 valence electrons. The summed E-state index contributed by atoms with van der Waals surface area (Å²) < 4.78 is 44.1. The quantitative estimate of drug-likeness (QED) is 0.545. The zero-order chi connectivity index (χ0) is 24.4. The van der Waals surface area contributed by atoms with Crippen molar-refractivity contribution in [2.45, 2.75) is 25.1 Å². The van der Waals surface area contributed by atoms with Crippen LogP contribution < -0.4 is 10.6 Å². The average molecular weight is 491 g/mol. The van der Waals surface area contributed by atoms with Crippen LogP contribution in [0.2, 0.25) is 0 Å². The number of methoxy groups -OCH3 is 1. The summed E-state index contributed by atoms with van der Waals surface area (Å²) in [6, 6.07) is 3.68. The summed E-state index contributed by atoms with van der Waals surface area (Å²) in [5.74, 6) is -0.391. The Hall–Kier alpha value is -2.47. The van der Waals surface area contributed by atoms with E-state index in [0.29, 0.717) is 44.8 Å². The van der Waals surface area contributed by atoms with E-state index in [9.17, 15) is 27.6 Å². The van der Waals surface area contributed by atoms with Crippen molar-refractivity contribution in [3.8, 4) is 0 Å². The van der Waals surface area contributed by atoms with Gasteiger partial charge in [-0.3, -0.25) is 9.69 Å². The molecule has 0 radical (unpaired) electrons. The van der Waals surface area contributed by atoms with Crippen LogP contribution in [0.15, 0.2) is 24.3 Å². The summed E-state index contributed by atoms with van der Waals surface area (Å²) in [5, 5.41) is 5.04. The van der Waals surface area contributed by atoms with Crippen molar-refractivity contribution in [2.75, 3.05) is 57.2 Å². The molecule has 1 aliphatic heterocycles. The van der Waals surface area contributed by atoms with Crippen LogP contribution in [0.3, 0.4) is 0 Å². The molecule has 1 unspecified atom stereocenters. The van der Waals surface area contributed by atoms with Crippen LogP contribution in [-0.4, -0.2) is 85.6 Å². The van der Waals surface area contributed by atoms with E-state index in [1.807, 2.05) is 6.26 Å². The number of hydrogen-bond acceptors (Lipinski definition) is 6. The van der Waals surface area contributed by atoms with Crippen molar-refractivity contribution in [1.82, 2.24) is 15.1 Å². The standard InChI is InChI=1S/C21H29F3N4O4S/c1-32-19(30)17(8-13-33-2)26-20(31)28-10-5-9-27(11-12-28)14-18(29)25-16-7-4-3-6-15(16)21(22,23)24/h3-4,6-7,17H,5,8-14H2,1-2H3,(H,25,29)(H,26,31). The number of halogens is 3. The number of urea groups is 1. The van der Waals surface area contributed by atoms with Gasteiger partial charge < -0.3 is 20.3 Å². The summed E-state index contributed by atoms with van der Waals surface area (Å²) in [7, 11) is 1.27. The fourth-order valence-electron chi connectivity index (χ4n) is 3.43. The number of carbonyl (C=O) groups is 3. The van der Waals surface area contributed by atoms with E-state index in [4.69, 9.17) is 4.74 Å². The topological polar surface area (TPSA) is 91.0 Å². The Balaban J connectivity index is 1.90. The van der Waals surface area contributed by atoms with Crippen LogP contribution in [0.25, 0.3) is 0 Å². The first-order valence-electron chi connectivity index (χ1n) is 10.5. The fraction of sp³-hybridized carbons (Fsp3) is 0.571. The lowest BCUT2D eigenvalue weighted by molar-refractivity contribution is -0.143. The predicted molar refractivity (Wildman–Crippen MR) is 120 cm³/mol. The molecule has 2 N–H and O–H groups in total. The minimum Gasteiger partial charge on any atom is -0.467 e. The maximum absolute atomic E-state index is 13.1. The molecule has 1 heterocycles. The van der Waals surface area contributed by atoms with Gasteiger partial charge in [0, 0.05) is 26.2 Å². The molecule has 1 aromatic rings. The van der Waals surface area contributed by atoms with Crippen molar-refractivity contribution in [3.63, 3.8) is 0 Å². The van der Waals surface area contributed by atoms with Gasteiger partial charge in [0.15, 0.2) is 0 Å². The van der Waals surface area contributed by atoms with E-state index in [0.717, 1.165) is 6.07 Å². The summed E-state index contributed by atoms with van der Waals surface area (Å²) >= 11 is 1.55. The number of carbonyl (C=O) groups excluding carboxylic acids is 3. The van der Waals surface area contributed by atoms with Gasteiger partial charge in [-0.15, -0.1) is 0 Å². The Morgan fingerprint density at radius 1 is 1.15 bits per heavy atom. The Bertz CT molecular complexity index is 825. The second-order valence-electron chi connectivity index (χ2n) is 7.51. The van der Waals surface area contributed by atoms with Gasteiger partial charge in [-0.1, -0.05) is 12.1 Å². The van der Waals surface area contributed by atoms with Gasteiger partial charge in [-0.2, -0.15) is 24.9 Å². The maximum Gasteiger partial charge on any atom is 0.418 e. The van der Waals surface area contributed by atoms with E-state index in [1.165, 1.54) is 25.3 Å². The van der Waals surface area contributed by atoms with Crippen LogP contribution >= 0.6 is 11.8 Å². The van der Waals surface area contributed by atoms with Crippen molar-refractivity contribution < 1.29 is 32.3 Å². The van der Waals surface area contributed by atoms with Gasteiger partial charge in [-0.05, 0) is 37.0 Å². The highest BCUT2D eigenvalue weighted by atomic mass is 32.2. The van der Waals surface area contributed by atoms with Gasteiger partial charge in [0.05, 0.1) is 24.9 Å². The molecule has 8 nitrogen and oxygen atoms in total. The number of benzene rings is 1. The second-order valence-corrected chi connectivity index (χ2v) is 8.50. The first kappa shape index (κ1) is 26.8. The SMILES string of the molecule is COC(=O)C(CCSC)NC(=O)N1CCCN(CC(=O)Nc2ccccc2C(F)(F)F)CC1. The minimum absolute atomic E-state index is 0.0971. The number of ether oxygens (including phenoxy) is 1. The lowest BCUT2D eigenvalue weighted by Gasteiger charge is -2.24. The first-order chi connectivity index (χ1) is 15.7. The molecule has 1 aliphatic rings. The smallest absolute Gasteiger partial charge is 0.418 e. The van der Waals surface area contributed by atoms with Crippen LogP contribution in [0.4, 0.5) is 23.7 Å². The number of thioether (sulfide) groups is 1. The number of rotatable bonds is 8. The third kappa shape index (κ3) is 8.43. The Kier molecular flexibility index (Phi) is 10.3. The number of alkyl halides is 3. The normalized spacial score (nSPS) is 16.0. The number of nitrogens with one attached hydrogen (secondary N) is 2. The third-order valence-electron chi connectivity index (χ3n) is 5.14. The largest absolute Gasteiger partial charge is 0.467 e. The molecule has 0 saturated carbocycles. The van der Waals surface area contributed by atoms with Crippen LogP contribution in [0, 0.1) is 0 Å². The average Bonchev–Trinajstić information content (AvgIpc) is 3.01. The molecule has 0 aromatic heterocycles. The van der Waals surface area contributed by atoms with Gasteiger partial charge in [0.2, 0.25) is 5.91 Å². The third-order valence-corrected chi connectivity index (χ3v) is 5.79. The highest BCUT2D eigenvalue weighted by molar-refractivity contribution is 7.98. The number of anilines is 1. The monoisotopic (exact) mass is 490 g/mol. The van der Waals surface area contributed by atoms with E-state index < -0.39 is 35.7 Å². The van der Waals surface area contributed by atoms with Gasteiger partial charge in [0.25, 0.3) is 0 Å². The molecule has 1 atom stereocenters. The van der Waals surface area contributed by atoms with Gasteiger partial charge >= 0.3 is 18.2 Å². The van der Waals surface area contributed by atoms with Crippen molar-refractivity contribution >= 4 is 35.4 Å². The Labute approximate surface area is 195 Å². The molecule has 0 aliphatic carbocycles. The minimum atomic E-state index is -4.57. The van der Waals surface area contributed by atoms with E-state index in [1.54, 1.807) is 21.6 Å². The number of hydrogen-bond donors (Lipinski definition) is 2. The number of esters is 1. The highest BCUT2D eigenvalue weighted by Gasteiger charge is 2.33. The van der Waals surface area contributed by atoms with Gasteiger partial charge in [0.1, 0.15) is 6.04 Å². The molecule has 0 spiro atoms. The molecule has 0 bridgehead atoms. The lowest BCUT2D eigenvalue weighted by atomic mass is 10.1.